The molecule has 112 valence electrons. The third kappa shape index (κ3) is 3.80. The highest BCUT2D eigenvalue weighted by molar-refractivity contribution is 7.99. The molecule has 0 heterocycles. The van der Waals surface area contributed by atoms with Crippen LogP contribution in [0, 0.1) is 24.4 Å². The Hall–Kier alpha value is -1.46. The molecule has 2 rings (SSSR count). The zero-order chi connectivity index (χ0) is 15.4. The molecule has 2 aromatic rings. The first-order chi connectivity index (χ1) is 10.0. The molecule has 2 aromatic carbocycles. The summed E-state index contributed by atoms with van der Waals surface area (Å²) in [7, 11) is 1.66. The third-order valence-corrected chi connectivity index (χ3v) is 4.35. The van der Waals surface area contributed by atoms with Gasteiger partial charge >= 0.3 is 0 Å². The first-order valence-electron chi connectivity index (χ1n) is 6.53. The van der Waals surface area contributed by atoms with Gasteiger partial charge in [-0.05, 0) is 49.9 Å². The Morgan fingerprint density at radius 1 is 1.05 bits per heavy atom. The number of hydrogen-bond acceptors (Lipinski definition) is 2. The van der Waals surface area contributed by atoms with E-state index < -0.39 is 17.7 Å². The molecule has 0 aliphatic rings. The molecule has 21 heavy (non-hydrogen) atoms. The summed E-state index contributed by atoms with van der Waals surface area (Å²) in [5.74, 6) is -0.939. The first kappa shape index (κ1) is 15.9. The largest absolute Gasteiger partial charge is 0.312 e. The Bertz CT molecular complexity index is 614. The molecule has 0 bridgehead atoms. The lowest BCUT2D eigenvalue weighted by atomic mass is 10.0. The van der Waals surface area contributed by atoms with Crippen LogP contribution in [0.1, 0.15) is 17.2 Å². The number of rotatable bonds is 5. The van der Waals surface area contributed by atoms with Crippen molar-refractivity contribution in [2.24, 2.45) is 0 Å². The number of thioether (sulfide) groups is 1. The fourth-order valence-electron chi connectivity index (χ4n) is 2.02. The molecule has 1 unspecified atom stereocenters. The van der Waals surface area contributed by atoms with Crippen LogP contribution in [0.25, 0.3) is 0 Å². The van der Waals surface area contributed by atoms with Crippen LogP contribution in [0.5, 0.6) is 0 Å². The van der Waals surface area contributed by atoms with Crippen molar-refractivity contribution in [2.75, 3.05) is 12.8 Å². The van der Waals surface area contributed by atoms with Crippen LogP contribution < -0.4 is 5.32 Å². The van der Waals surface area contributed by atoms with Gasteiger partial charge in [0, 0.05) is 22.3 Å². The summed E-state index contributed by atoms with van der Waals surface area (Å²) in [4.78, 5) is 0.852. The van der Waals surface area contributed by atoms with Crippen molar-refractivity contribution in [1.82, 2.24) is 5.32 Å². The summed E-state index contributed by atoms with van der Waals surface area (Å²) in [6.07, 6.45) is 0. The number of nitrogens with one attached hydrogen (secondary N) is 1. The van der Waals surface area contributed by atoms with Crippen LogP contribution >= 0.6 is 11.8 Å². The molecule has 0 amide bonds. The topological polar surface area (TPSA) is 12.0 Å². The molecule has 0 saturated carbocycles. The summed E-state index contributed by atoms with van der Waals surface area (Å²) < 4.78 is 40.9. The van der Waals surface area contributed by atoms with E-state index in [-0.39, 0.29) is 11.4 Å². The van der Waals surface area contributed by atoms with Crippen LogP contribution in [-0.4, -0.2) is 12.8 Å². The smallest absolute Gasteiger partial charge is 0.133 e. The van der Waals surface area contributed by atoms with Crippen molar-refractivity contribution < 1.29 is 13.2 Å². The monoisotopic (exact) mass is 311 g/mol. The van der Waals surface area contributed by atoms with Crippen molar-refractivity contribution in [3.8, 4) is 0 Å². The fraction of sp³-hybridized carbons (Fsp3) is 0.250. The highest BCUT2D eigenvalue weighted by Gasteiger charge is 2.20. The van der Waals surface area contributed by atoms with Crippen LogP contribution in [0.15, 0.2) is 41.3 Å². The highest BCUT2D eigenvalue weighted by atomic mass is 32.2. The first-order valence-corrected chi connectivity index (χ1v) is 7.51. The van der Waals surface area contributed by atoms with E-state index in [9.17, 15) is 13.2 Å². The SMILES string of the molecule is CNC(CSc1ccc(F)cc1)c1c(F)ccc(C)c1F. The molecule has 1 nitrogen and oxygen atoms in total. The Morgan fingerprint density at radius 2 is 1.71 bits per heavy atom. The summed E-state index contributed by atoms with van der Waals surface area (Å²) in [6.45, 7) is 1.61. The van der Waals surface area contributed by atoms with E-state index in [0.29, 0.717) is 11.3 Å². The van der Waals surface area contributed by atoms with Crippen LogP contribution in [0.3, 0.4) is 0 Å². The second kappa shape index (κ2) is 7.00. The summed E-state index contributed by atoms with van der Waals surface area (Å²) >= 11 is 1.42. The van der Waals surface area contributed by atoms with E-state index in [4.69, 9.17) is 0 Å². The number of hydrogen-bond donors (Lipinski definition) is 1. The quantitative estimate of drug-likeness (QED) is 0.818. The van der Waals surface area contributed by atoms with Crippen molar-refractivity contribution >= 4 is 11.8 Å². The van der Waals surface area contributed by atoms with Gasteiger partial charge in [0.15, 0.2) is 0 Å². The molecule has 0 fully saturated rings. The molecule has 5 heteroatoms. The normalized spacial score (nSPS) is 12.4. The predicted molar refractivity (Wildman–Crippen MR) is 80.0 cm³/mol. The van der Waals surface area contributed by atoms with E-state index in [2.05, 4.69) is 5.32 Å². The third-order valence-electron chi connectivity index (χ3n) is 3.25. The maximum absolute atomic E-state index is 14.1. The number of aryl methyl sites for hydroxylation is 1. The van der Waals surface area contributed by atoms with Crippen LogP contribution in [-0.2, 0) is 0 Å². The highest BCUT2D eigenvalue weighted by Crippen LogP contribution is 2.29. The van der Waals surface area contributed by atoms with E-state index in [1.165, 1.54) is 36.0 Å². The predicted octanol–water partition coefficient (Wildman–Crippen LogP) is 4.47. The maximum Gasteiger partial charge on any atom is 0.133 e. The Balaban J connectivity index is 2.17. The van der Waals surface area contributed by atoms with Gasteiger partial charge < -0.3 is 5.32 Å². The van der Waals surface area contributed by atoms with E-state index in [1.807, 2.05) is 0 Å². The van der Waals surface area contributed by atoms with Crippen molar-refractivity contribution in [1.29, 1.82) is 0 Å². The van der Waals surface area contributed by atoms with Gasteiger partial charge in [-0.1, -0.05) is 6.07 Å². The lowest BCUT2D eigenvalue weighted by Gasteiger charge is -2.18. The average Bonchev–Trinajstić information content (AvgIpc) is 2.48. The molecule has 0 aliphatic carbocycles. The number of benzene rings is 2. The zero-order valence-electron chi connectivity index (χ0n) is 11.8. The minimum atomic E-state index is -0.558. The molecule has 1 N–H and O–H groups in total. The zero-order valence-corrected chi connectivity index (χ0v) is 12.6. The van der Waals surface area contributed by atoms with Gasteiger partial charge in [-0.15, -0.1) is 11.8 Å². The average molecular weight is 311 g/mol. The van der Waals surface area contributed by atoms with Gasteiger partial charge in [0.25, 0.3) is 0 Å². The lowest BCUT2D eigenvalue weighted by Crippen LogP contribution is -2.22. The maximum atomic E-state index is 14.1. The number of halogens is 3. The molecule has 1 atom stereocenters. The minimum absolute atomic E-state index is 0.0483. The molecule has 0 saturated heterocycles. The summed E-state index contributed by atoms with van der Waals surface area (Å²) in [5.41, 5.74) is 0.463. The Morgan fingerprint density at radius 3 is 2.33 bits per heavy atom. The second-order valence-corrected chi connectivity index (χ2v) is 5.79. The van der Waals surface area contributed by atoms with Gasteiger partial charge in [-0.25, -0.2) is 13.2 Å². The Kier molecular flexibility index (Phi) is 5.31. The van der Waals surface area contributed by atoms with Gasteiger partial charge in [-0.3, -0.25) is 0 Å². The summed E-state index contributed by atoms with van der Waals surface area (Å²) in [6, 6.07) is 8.27. The standard InChI is InChI=1S/C16H16F3NS/c1-10-3-8-13(18)15(16(10)19)14(20-2)9-21-12-6-4-11(17)5-7-12/h3-8,14,20H,9H2,1-2H3. The van der Waals surface area contributed by atoms with Crippen LogP contribution in [0.2, 0.25) is 0 Å². The van der Waals surface area contributed by atoms with Gasteiger partial charge in [0.05, 0.1) is 0 Å². The minimum Gasteiger partial charge on any atom is -0.312 e. The fourth-order valence-corrected chi connectivity index (χ4v) is 3.04. The van der Waals surface area contributed by atoms with E-state index in [0.717, 1.165) is 4.90 Å². The summed E-state index contributed by atoms with van der Waals surface area (Å²) in [5, 5.41) is 2.93. The molecular formula is C16H16F3NS. The van der Waals surface area contributed by atoms with Crippen molar-refractivity contribution in [3.05, 3.63) is 65.0 Å². The van der Waals surface area contributed by atoms with Crippen molar-refractivity contribution in [3.63, 3.8) is 0 Å². The van der Waals surface area contributed by atoms with Gasteiger partial charge in [0.2, 0.25) is 0 Å². The Labute approximate surface area is 126 Å². The van der Waals surface area contributed by atoms with Gasteiger partial charge in [0.1, 0.15) is 17.5 Å². The molecule has 0 radical (unpaired) electrons. The lowest BCUT2D eigenvalue weighted by molar-refractivity contribution is 0.509. The molecule has 0 aliphatic heterocycles. The second-order valence-electron chi connectivity index (χ2n) is 4.70. The molecular weight excluding hydrogens is 295 g/mol. The van der Waals surface area contributed by atoms with E-state index in [1.54, 1.807) is 26.1 Å². The van der Waals surface area contributed by atoms with Crippen LogP contribution in [0.4, 0.5) is 13.2 Å². The molecule has 0 aromatic heterocycles. The van der Waals surface area contributed by atoms with Crippen molar-refractivity contribution in [2.45, 2.75) is 17.9 Å². The van der Waals surface area contributed by atoms with E-state index >= 15 is 0 Å². The van der Waals surface area contributed by atoms with Gasteiger partial charge in [-0.2, -0.15) is 0 Å². The molecule has 0 spiro atoms.